The van der Waals surface area contributed by atoms with Crippen LogP contribution in [-0.4, -0.2) is 6.61 Å². The number of hydrogen-bond donors (Lipinski definition) is 0. The summed E-state index contributed by atoms with van der Waals surface area (Å²) in [5.41, 5.74) is 0.833. The van der Waals surface area contributed by atoms with Crippen molar-refractivity contribution < 1.29 is 4.74 Å². The molecule has 0 spiro atoms. The van der Waals surface area contributed by atoms with E-state index in [4.69, 9.17) is 16.3 Å². The first-order chi connectivity index (χ1) is 5.24. The molecule has 0 saturated carbocycles. The summed E-state index contributed by atoms with van der Waals surface area (Å²) in [6, 6.07) is 5.40. The molecule has 1 aromatic rings. The van der Waals surface area contributed by atoms with Gasteiger partial charge in [0.25, 0.3) is 0 Å². The van der Waals surface area contributed by atoms with Crippen molar-refractivity contribution in [3.05, 3.63) is 35.7 Å². The van der Waals surface area contributed by atoms with Crippen LogP contribution in [0.15, 0.2) is 18.2 Å². The molecule has 0 bridgehead atoms. The maximum atomic E-state index is 5.72. The maximum absolute atomic E-state index is 5.72. The lowest BCUT2D eigenvalue weighted by Crippen LogP contribution is -1.93. The van der Waals surface area contributed by atoms with Gasteiger partial charge in [-0.25, -0.2) is 0 Å². The number of rotatable bonds is 2. The molecule has 0 fully saturated rings. The third-order valence-electron chi connectivity index (χ3n) is 1.32. The minimum atomic E-state index is 0.657. The summed E-state index contributed by atoms with van der Waals surface area (Å²) in [4.78, 5) is 0. The molecule has 0 unspecified atom stereocenters. The Morgan fingerprint density at radius 1 is 1.55 bits per heavy atom. The zero-order valence-electron chi connectivity index (χ0n) is 6.43. The van der Waals surface area contributed by atoms with Crippen molar-refractivity contribution in [3.8, 4) is 5.75 Å². The highest BCUT2D eigenvalue weighted by Gasteiger charge is 1.97. The smallest absolute Gasteiger partial charge is 0.122 e. The van der Waals surface area contributed by atoms with Crippen LogP contribution in [0.3, 0.4) is 0 Å². The molecule has 0 aliphatic carbocycles. The molecule has 0 amide bonds. The second-order valence-electron chi connectivity index (χ2n) is 2.19. The molecule has 1 nitrogen and oxygen atoms in total. The Labute approximate surface area is 71.9 Å². The standard InChI is InChI=1S/C9H10ClO/c1-3-11-9-5-4-8(10)6-7(9)2/h4-6H,2-3H2,1H3. The van der Waals surface area contributed by atoms with E-state index in [-0.39, 0.29) is 0 Å². The summed E-state index contributed by atoms with van der Waals surface area (Å²) in [6.07, 6.45) is 0. The van der Waals surface area contributed by atoms with Crippen molar-refractivity contribution in [1.82, 2.24) is 0 Å². The number of benzene rings is 1. The topological polar surface area (TPSA) is 9.23 Å². The summed E-state index contributed by atoms with van der Waals surface area (Å²) in [5.74, 6) is 0.803. The van der Waals surface area contributed by atoms with E-state index in [2.05, 4.69) is 6.92 Å². The van der Waals surface area contributed by atoms with E-state index in [1.807, 2.05) is 13.0 Å². The van der Waals surface area contributed by atoms with Gasteiger partial charge in [-0.3, -0.25) is 0 Å². The van der Waals surface area contributed by atoms with Gasteiger partial charge in [0.15, 0.2) is 0 Å². The van der Waals surface area contributed by atoms with Crippen LogP contribution in [0.1, 0.15) is 12.5 Å². The normalized spacial score (nSPS) is 9.73. The van der Waals surface area contributed by atoms with Gasteiger partial charge in [-0.2, -0.15) is 0 Å². The van der Waals surface area contributed by atoms with Crippen molar-refractivity contribution in [3.63, 3.8) is 0 Å². The molecule has 59 valence electrons. The molecule has 0 aliphatic heterocycles. The van der Waals surface area contributed by atoms with Crippen LogP contribution < -0.4 is 4.74 Å². The van der Waals surface area contributed by atoms with Crippen LogP contribution in [0.25, 0.3) is 0 Å². The zero-order valence-corrected chi connectivity index (χ0v) is 7.19. The third kappa shape index (κ3) is 2.12. The van der Waals surface area contributed by atoms with Gasteiger partial charge in [0.05, 0.1) is 6.61 Å². The minimum absolute atomic E-state index is 0.657. The van der Waals surface area contributed by atoms with Crippen molar-refractivity contribution >= 4 is 11.6 Å². The van der Waals surface area contributed by atoms with Crippen LogP contribution in [0, 0.1) is 6.92 Å². The van der Waals surface area contributed by atoms with Crippen LogP contribution in [0.4, 0.5) is 0 Å². The average Bonchev–Trinajstić information content (AvgIpc) is 1.95. The second-order valence-corrected chi connectivity index (χ2v) is 2.62. The Kier molecular flexibility index (Phi) is 2.77. The van der Waals surface area contributed by atoms with Gasteiger partial charge >= 0.3 is 0 Å². The first kappa shape index (κ1) is 8.41. The maximum Gasteiger partial charge on any atom is 0.122 e. The Bertz CT molecular complexity index is 245. The van der Waals surface area contributed by atoms with Crippen LogP contribution in [-0.2, 0) is 0 Å². The van der Waals surface area contributed by atoms with E-state index in [1.165, 1.54) is 0 Å². The Morgan fingerprint density at radius 3 is 2.82 bits per heavy atom. The molecule has 1 aromatic carbocycles. The Hall–Kier alpha value is -0.690. The van der Waals surface area contributed by atoms with E-state index in [0.717, 1.165) is 11.3 Å². The fourth-order valence-corrected chi connectivity index (χ4v) is 1.04. The highest BCUT2D eigenvalue weighted by atomic mass is 35.5. The van der Waals surface area contributed by atoms with Crippen molar-refractivity contribution in [2.45, 2.75) is 6.92 Å². The predicted octanol–water partition coefficient (Wildman–Crippen LogP) is 2.92. The van der Waals surface area contributed by atoms with Gasteiger partial charge in [-0.05, 0) is 37.6 Å². The summed E-state index contributed by atoms with van der Waals surface area (Å²) in [7, 11) is 0. The molecule has 0 aromatic heterocycles. The molecule has 0 N–H and O–H groups in total. The van der Waals surface area contributed by atoms with E-state index < -0.39 is 0 Å². The van der Waals surface area contributed by atoms with Crippen LogP contribution in [0.2, 0.25) is 5.02 Å². The van der Waals surface area contributed by atoms with E-state index in [1.54, 1.807) is 12.1 Å². The Morgan fingerprint density at radius 2 is 2.27 bits per heavy atom. The lowest BCUT2D eigenvalue weighted by atomic mass is 10.2. The average molecular weight is 170 g/mol. The third-order valence-corrected chi connectivity index (χ3v) is 1.56. The van der Waals surface area contributed by atoms with Gasteiger partial charge < -0.3 is 4.74 Å². The SMILES string of the molecule is [CH2]c1cc(Cl)ccc1OCC. The van der Waals surface area contributed by atoms with E-state index >= 15 is 0 Å². The van der Waals surface area contributed by atoms with Crippen LogP contribution in [0.5, 0.6) is 5.75 Å². The van der Waals surface area contributed by atoms with Gasteiger partial charge in [0, 0.05) is 5.02 Å². The monoisotopic (exact) mass is 169 g/mol. The molecule has 2 heteroatoms. The first-order valence-electron chi connectivity index (χ1n) is 3.48. The zero-order chi connectivity index (χ0) is 8.27. The van der Waals surface area contributed by atoms with E-state index in [0.29, 0.717) is 11.6 Å². The highest BCUT2D eigenvalue weighted by molar-refractivity contribution is 6.30. The van der Waals surface area contributed by atoms with Gasteiger partial charge in [-0.1, -0.05) is 11.6 Å². The van der Waals surface area contributed by atoms with Gasteiger partial charge in [0.1, 0.15) is 5.75 Å². The molecule has 0 heterocycles. The number of hydrogen-bond acceptors (Lipinski definition) is 1. The van der Waals surface area contributed by atoms with Crippen molar-refractivity contribution in [2.24, 2.45) is 0 Å². The first-order valence-corrected chi connectivity index (χ1v) is 3.86. The summed E-state index contributed by atoms with van der Waals surface area (Å²) < 4.78 is 5.27. The van der Waals surface area contributed by atoms with E-state index in [9.17, 15) is 0 Å². The summed E-state index contributed by atoms with van der Waals surface area (Å²) >= 11 is 5.72. The molecule has 11 heavy (non-hydrogen) atoms. The van der Waals surface area contributed by atoms with Crippen LogP contribution >= 0.6 is 11.6 Å². The van der Waals surface area contributed by atoms with Crippen molar-refractivity contribution in [2.75, 3.05) is 6.61 Å². The van der Waals surface area contributed by atoms with Crippen molar-refractivity contribution in [1.29, 1.82) is 0 Å². The fraction of sp³-hybridized carbons (Fsp3) is 0.222. The molecule has 1 radical (unpaired) electrons. The lowest BCUT2D eigenvalue weighted by molar-refractivity contribution is 0.339. The molecular formula is C9H10ClO. The summed E-state index contributed by atoms with van der Waals surface area (Å²) in [6.45, 7) is 6.39. The minimum Gasteiger partial charge on any atom is -0.494 e. The largest absolute Gasteiger partial charge is 0.494 e. The highest BCUT2D eigenvalue weighted by Crippen LogP contribution is 2.21. The quantitative estimate of drug-likeness (QED) is 0.662. The summed E-state index contributed by atoms with van der Waals surface area (Å²) in [5, 5.41) is 0.693. The number of ether oxygens (including phenoxy) is 1. The Balaban J connectivity index is 2.90. The molecule has 0 atom stereocenters. The predicted molar refractivity (Wildman–Crippen MR) is 47.1 cm³/mol. The second kappa shape index (κ2) is 3.63. The molecule has 0 aliphatic rings. The fourth-order valence-electron chi connectivity index (χ4n) is 0.844. The van der Waals surface area contributed by atoms with Gasteiger partial charge in [-0.15, -0.1) is 0 Å². The molecular weight excluding hydrogens is 160 g/mol. The molecule has 1 rings (SSSR count). The number of halogens is 1. The molecule has 0 saturated heterocycles. The van der Waals surface area contributed by atoms with Gasteiger partial charge in [0.2, 0.25) is 0 Å². The lowest BCUT2D eigenvalue weighted by Gasteiger charge is -2.05.